The Hall–Kier alpha value is -1.22. The number of anilines is 1. The van der Waals surface area contributed by atoms with Gasteiger partial charge in [0, 0.05) is 5.69 Å². The van der Waals surface area contributed by atoms with Gasteiger partial charge in [-0.15, -0.1) is 0 Å². The monoisotopic (exact) mass is 283 g/mol. The normalized spacial score (nSPS) is 10.4. The van der Waals surface area contributed by atoms with Gasteiger partial charge in [0.25, 0.3) is 0 Å². The van der Waals surface area contributed by atoms with E-state index in [4.69, 9.17) is 22.1 Å². The van der Waals surface area contributed by atoms with Crippen LogP contribution in [0.1, 0.15) is 55.8 Å². The number of carbonyl (C=O) groups is 1. The summed E-state index contributed by atoms with van der Waals surface area (Å²) in [7, 11) is 0. The number of benzene rings is 1. The summed E-state index contributed by atoms with van der Waals surface area (Å²) in [6.07, 6.45) is 6.93. The molecule has 0 atom stereocenters. The molecule has 0 saturated carbocycles. The molecule has 0 aliphatic carbocycles. The van der Waals surface area contributed by atoms with Crippen LogP contribution >= 0.6 is 11.6 Å². The van der Waals surface area contributed by atoms with Crippen molar-refractivity contribution in [2.45, 2.75) is 45.4 Å². The van der Waals surface area contributed by atoms with Gasteiger partial charge in [-0.05, 0) is 18.6 Å². The second-order valence-corrected chi connectivity index (χ2v) is 5.01. The predicted octanol–water partition coefficient (Wildman–Crippen LogP) is 4.44. The Morgan fingerprint density at radius 1 is 1.21 bits per heavy atom. The average molecular weight is 284 g/mol. The Labute approximate surface area is 120 Å². The minimum absolute atomic E-state index is 0.273. The number of rotatable bonds is 8. The number of hydrogen-bond acceptors (Lipinski definition) is 3. The fraction of sp³-hybridized carbons (Fsp3) is 0.533. The van der Waals surface area contributed by atoms with Crippen molar-refractivity contribution in [3.05, 3.63) is 28.8 Å². The number of nitrogen functional groups attached to an aromatic ring is 1. The van der Waals surface area contributed by atoms with Crippen LogP contribution in [0.2, 0.25) is 5.02 Å². The van der Waals surface area contributed by atoms with Gasteiger partial charge in [0.2, 0.25) is 0 Å². The summed E-state index contributed by atoms with van der Waals surface area (Å²) in [6.45, 7) is 2.62. The van der Waals surface area contributed by atoms with Crippen molar-refractivity contribution in [1.82, 2.24) is 0 Å². The van der Waals surface area contributed by atoms with E-state index >= 15 is 0 Å². The van der Waals surface area contributed by atoms with Crippen molar-refractivity contribution < 1.29 is 9.53 Å². The Morgan fingerprint density at radius 3 is 2.58 bits per heavy atom. The highest BCUT2D eigenvalue weighted by atomic mass is 35.5. The number of ether oxygens (including phenoxy) is 1. The largest absolute Gasteiger partial charge is 0.462 e. The topological polar surface area (TPSA) is 52.3 Å². The molecule has 2 N–H and O–H groups in total. The molecule has 0 aromatic heterocycles. The highest BCUT2D eigenvalue weighted by molar-refractivity contribution is 6.34. The van der Waals surface area contributed by atoms with Crippen LogP contribution in [-0.2, 0) is 4.74 Å². The van der Waals surface area contributed by atoms with E-state index in [9.17, 15) is 4.79 Å². The van der Waals surface area contributed by atoms with Gasteiger partial charge < -0.3 is 10.5 Å². The molecule has 0 aliphatic rings. The van der Waals surface area contributed by atoms with Gasteiger partial charge in [-0.3, -0.25) is 0 Å². The van der Waals surface area contributed by atoms with Crippen molar-refractivity contribution >= 4 is 23.3 Å². The van der Waals surface area contributed by atoms with Crippen LogP contribution in [0.5, 0.6) is 0 Å². The molecule has 0 heterocycles. The molecular weight excluding hydrogens is 262 g/mol. The summed E-state index contributed by atoms with van der Waals surface area (Å²) in [4.78, 5) is 11.8. The highest BCUT2D eigenvalue weighted by Crippen LogP contribution is 2.22. The molecular formula is C15H22ClNO2. The summed E-state index contributed by atoms with van der Waals surface area (Å²) in [6, 6.07) is 4.99. The van der Waals surface area contributed by atoms with E-state index < -0.39 is 5.97 Å². The van der Waals surface area contributed by atoms with Gasteiger partial charge in [0.15, 0.2) is 0 Å². The van der Waals surface area contributed by atoms with Gasteiger partial charge in [0.1, 0.15) is 5.56 Å². The first kappa shape index (κ1) is 15.8. The van der Waals surface area contributed by atoms with Crippen LogP contribution in [0.25, 0.3) is 0 Å². The molecule has 0 amide bonds. The maximum absolute atomic E-state index is 11.8. The van der Waals surface area contributed by atoms with Gasteiger partial charge in [-0.2, -0.15) is 0 Å². The number of unbranched alkanes of at least 4 members (excludes halogenated alkanes) is 5. The molecule has 3 nitrogen and oxygen atoms in total. The number of carbonyl (C=O) groups excluding carboxylic acids is 1. The van der Waals surface area contributed by atoms with Crippen molar-refractivity contribution in [3.8, 4) is 0 Å². The van der Waals surface area contributed by atoms with Crippen molar-refractivity contribution in [3.63, 3.8) is 0 Å². The summed E-state index contributed by atoms with van der Waals surface area (Å²) in [5, 5.41) is 0.341. The third kappa shape index (κ3) is 5.52. The lowest BCUT2D eigenvalue weighted by Gasteiger charge is -2.08. The van der Waals surface area contributed by atoms with E-state index in [-0.39, 0.29) is 5.56 Å². The number of esters is 1. The van der Waals surface area contributed by atoms with Crippen molar-refractivity contribution in [1.29, 1.82) is 0 Å². The zero-order valence-electron chi connectivity index (χ0n) is 11.5. The predicted molar refractivity (Wildman–Crippen MR) is 79.5 cm³/mol. The van der Waals surface area contributed by atoms with E-state index in [2.05, 4.69) is 6.92 Å². The average Bonchev–Trinajstić information content (AvgIpc) is 2.37. The molecule has 0 bridgehead atoms. The van der Waals surface area contributed by atoms with Gasteiger partial charge in [0.05, 0.1) is 11.6 Å². The van der Waals surface area contributed by atoms with Crippen LogP contribution in [0, 0.1) is 0 Å². The molecule has 1 aromatic rings. The molecule has 19 heavy (non-hydrogen) atoms. The van der Waals surface area contributed by atoms with Crippen LogP contribution in [0.15, 0.2) is 18.2 Å². The number of hydrogen-bond donors (Lipinski definition) is 1. The zero-order chi connectivity index (χ0) is 14.1. The summed E-state index contributed by atoms with van der Waals surface area (Å²) < 4.78 is 5.19. The minimum Gasteiger partial charge on any atom is -0.462 e. The number of nitrogens with two attached hydrogens (primary N) is 1. The Morgan fingerprint density at radius 2 is 1.89 bits per heavy atom. The maximum atomic E-state index is 11.8. The summed E-state index contributed by atoms with van der Waals surface area (Å²) in [5.41, 5.74) is 6.36. The molecule has 1 rings (SSSR count). The highest BCUT2D eigenvalue weighted by Gasteiger charge is 2.14. The molecule has 0 radical (unpaired) electrons. The molecule has 4 heteroatoms. The SMILES string of the molecule is CCCCCCCCOC(=O)c1c(N)cccc1Cl. The quantitative estimate of drug-likeness (QED) is 0.436. The van der Waals surface area contributed by atoms with Gasteiger partial charge in [-0.1, -0.05) is 56.7 Å². The van der Waals surface area contributed by atoms with Crippen LogP contribution in [0.3, 0.4) is 0 Å². The van der Waals surface area contributed by atoms with Gasteiger partial charge >= 0.3 is 5.97 Å². The first-order valence-corrected chi connectivity index (χ1v) is 7.25. The van der Waals surface area contributed by atoms with E-state index in [0.717, 1.165) is 12.8 Å². The molecule has 0 aliphatic heterocycles. The Bertz CT molecular complexity index is 387. The lowest BCUT2D eigenvalue weighted by Crippen LogP contribution is -2.10. The van der Waals surface area contributed by atoms with E-state index in [1.807, 2.05) is 0 Å². The first-order valence-electron chi connectivity index (χ1n) is 6.88. The zero-order valence-corrected chi connectivity index (χ0v) is 12.2. The molecule has 1 aromatic carbocycles. The Balaban J connectivity index is 2.28. The first-order chi connectivity index (χ1) is 9.16. The van der Waals surface area contributed by atoms with E-state index in [1.54, 1.807) is 18.2 Å². The fourth-order valence-electron chi connectivity index (χ4n) is 1.88. The van der Waals surface area contributed by atoms with E-state index in [1.165, 1.54) is 25.7 Å². The number of halogens is 1. The third-order valence-electron chi connectivity index (χ3n) is 2.98. The van der Waals surface area contributed by atoms with Crippen molar-refractivity contribution in [2.24, 2.45) is 0 Å². The molecule has 0 spiro atoms. The standard InChI is InChI=1S/C15H22ClNO2/c1-2-3-4-5-6-7-11-19-15(18)14-12(16)9-8-10-13(14)17/h8-10H,2-7,11,17H2,1H3. The Kier molecular flexibility index (Phi) is 7.34. The lowest BCUT2D eigenvalue weighted by atomic mass is 10.1. The molecule has 0 unspecified atom stereocenters. The lowest BCUT2D eigenvalue weighted by molar-refractivity contribution is 0.0499. The van der Waals surface area contributed by atoms with Crippen LogP contribution < -0.4 is 5.73 Å². The van der Waals surface area contributed by atoms with E-state index in [0.29, 0.717) is 17.3 Å². The summed E-state index contributed by atoms with van der Waals surface area (Å²) in [5.74, 6) is -0.434. The van der Waals surface area contributed by atoms with Crippen LogP contribution in [-0.4, -0.2) is 12.6 Å². The molecule has 0 fully saturated rings. The molecule has 0 saturated heterocycles. The molecule has 106 valence electrons. The van der Waals surface area contributed by atoms with Gasteiger partial charge in [-0.25, -0.2) is 4.79 Å². The van der Waals surface area contributed by atoms with Crippen molar-refractivity contribution in [2.75, 3.05) is 12.3 Å². The second kappa shape index (κ2) is 8.81. The second-order valence-electron chi connectivity index (χ2n) is 4.61. The third-order valence-corrected chi connectivity index (χ3v) is 3.30. The smallest absolute Gasteiger partial charge is 0.341 e. The fourth-order valence-corrected chi connectivity index (χ4v) is 2.13. The maximum Gasteiger partial charge on any atom is 0.341 e. The summed E-state index contributed by atoms with van der Waals surface area (Å²) >= 11 is 5.94. The minimum atomic E-state index is -0.434. The van der Waals surface area contributed by atoms with Crippen LogP contribution in [0.4, 0.5) is 5.69 Å².